The number of benzene rings is 8. The van der Waals surface area contributed by atoms with Gasteiger partial charge in [-0.15, -0.1) is 0 Å². The lowest BCUT2D eigenvalue weighted by molar-refractivity contribution is 1.12. The molecular weight excluding hydrogens is 743 g/mol. The smallest absolute Gasteiger partial charge is 0.0547 e. The second kappa shape index (κ2) is 14.2. The molecule has 0 aliphatic heterocycles. The van der Waals surface area contributed by atoms with Crippen LogP contribution in [0.2, 0.25) is 0 Å². The summed E-state index contributed by atoms with van der Waals surface area (Å²) < 4.78 is 4.89. The average molecular weight is 780 g/mol. The Balaban J connectivity index is 1.19. The lowest BCUT2D eigenvalue weighted by Gasteiger charge is -2.27. The summed E-state index contributed by atoms with van der Waals surface area (Å²) in [7, 11) is 0. The van der Waals surface area contributed by atoms with Gasteiger partial charge in [0.15, 0.2) is 0 Å². The van der Waals surface area contributed by atoms with Gasteiger partial charge in [0.1, 0.15) is 0 Å². The van der Waals surface area contributed by atoms with Crippen molar-refractivity contribution in [3.8, 4) is 33.6 Å². The van der Waals surface area contributed by atoms with E-state index in [1.807, 2.05) is 36.9 Å². The second-order valence-electron chi connectivity index (χ2n) is 15.5. The highest BCUT2D eigenvalue weighted by atomic mass is 15.1. The molecule has 5 nitrogen and oxygen atoms in total. The number of rotatable bonds is 7. The number of anilines is 3. The Labute approximate surface area is 352 Å². The second-order valence-corrected chi connectivity index (χ2v) is 15.5. The molecule has 12 rings (SSSR count). The summed E-state index contributed by atoms with van der Waals surface area (Å²) in [6, 6.07) is 72.4. The highest BCUT2D eigenvalue weighted by molar-refractivity contribution is 6.21. The van der Waals surface area contributed by atoms with Crippen LogP contribution < -0.4 is 4.90 Å². The maximum atomic E-state index is 4.47. The van der Waals surface area contributed by atoms with Crippen LogP contribution in [-0.4, -0.2) is 19.1 Å². The number of nitrogens with zero attached hydrogens (tertiary/aromatic N) is 5. The molecule has 4 aromatic heterocycles. The minimum atomic E-state index is 1.03. The van der Waals surface area contributed by atoms with Gasteiger partial charge >= 0.3 is 0 Å². The van der Waals surface area contributed by atoms with Crippen LogP contribution >= 0.6 is 0 Å². The number of pyridine rings is 2. The van der Waals surface area contributed by atoms with E-state index in [1.54, 1.807) is 0 Å². The Kier molecular flexibility index (Phi) is 8.10. The van der Waals surface area contributed by atoms with Gasteiger partial charge in [-0.05, 0) is 101 Å². The average Bonchev–Trinajstić information content (AvgIpc) is 3.86. The van der Waals surface area contributed by atoms with Gasteiger partial charge < -0.3 is 14.0 Å². The normalized spacial score (nSPS) is 11.6. The van der Waals surface area contributed by atoms with Crippen LogP contribution in [0, 0.1) is 0 Å². The SMILES string of the molecule is c1ccc(N(c2cccc(-c3cccnc3)c2)c2cc(-n3c4ccccc4c4ccc(-c5cccnc5)cc43)cc(-n3c4ccccc4c4c5ccccc5ccc43)c2)cc1. The van der Waals surface area contributed by atoms with E-state index < -0.39 is 0 Å². The molecule has 4 heterocycles. The van der Waals surface area contributed by atoms with Crippen molar-refractivity contribution in [1.29, 1.82) is 0 Å². The predicted octanol–water partition coefficient (Wildman–Crippen LogP) is 14.6. The van der Waals surface area contributed by atoms with Crippen LogP contribution in [-0.2, 0) is 0 Å². The van der Waals surface area contributed by atoms with Crippen LogP contribution in [0.5, 0.6) is 0 Å². The standard InChI is InChI=1S/C56H37N5/c1-2-17-43(18-3-1)59(44-19-10-14-39(31-44)41-15-11-29-57-36-41)45-33-46(60-53-24-9-7-22-51(53)56-48-20-5-4-13-38(48)26-28-54(56)60)35-47(34-45)61-52-23-8-6-21-49(52)50-27-25-40(32-55(50)61)42-16-12-30-58-37-42/h1-37H. The van der Waals surface area contributed by atoms with Gasteiger partial charge in [0.25, 0.3) is 0 Å². The summed E-state index contributed by atoms with van der Waals surface area (Å²) in [6.45, 7) is 0. The van der Waals surface area contributed by atoms with E-state index in [1.165, 1.54) is 32.3 Å². The predicted molar refractivity (Wildman–Crippen MR) is 254 cm³/mol. The van der Waals surface area contributed by atoms with E-state index in [9.17, 15) is 0 Å². The fourth-order valence-corrected chi connectivity index (χ4v) is 9.33. The minimum absolute atomic E-state index is 1.03. The van der Waals surface area contributed by atoms with Crippen molar-refractivity contribution >= 4 is 71.4 Å². The molecule has 0 unspecified atom stereocenters. The molecule has 5 heteroatoms. The van der Waals surface area contributed by atoms with Crippen LogP contribution in [0.25, 0.3) is 88.0 Å². The molecule has 0 N–H and O–H groups in total. The molecule has 0 saturated heterocycles. The number of fused-ring (bicyclic) bond motifs is 8. The Morgan fingerprint density at radius 2 is 0.918 bits per heavy atom. The molecule has 0 aliphatic rings. The molecular formula is C56H37N5. The molecule has 0 atom stereocenters. The van der Waals surface area contributed by atoms with Crippen LogP contribution in [0.4, 0.5) is 17.1 Å². The highest BCUT2D eigenvalue weighted by Gasteiger charge is 2.22. The van der Waals surface area contributed by atoms with Crippen molar-refractivity contribution in [3.63, 3.8) is 0 Å². The topological polar surface area (TPSA) is 38.9 Å². The van der Waals surface area contributed by atoms with Gasteiger partial charge in [0.05, 0.1) is 39.1 Å². The van der Waals surface area contributed by atoms with E-state index in [-0.39, 0.29) is 0 Å². The summed E-state index contributed by atoms with van der Waals surface area (Å²) in [5.41, 5.74) is 14.2. The first-order valence-corrected chi connectivity index (χ1v) is 20.6. The molecule has 61 heavy (non-hydrogen) atoms. The Bertz CT molecular complexity index is 3590. The quantitative estimate of drug-likeness (QED) is 0.162. The van der Waals surface area contributed by atoms with Crippen LogP contribution in [0.1, 0.15) is 0 Å². The summed E-state index contributed by atoms with van der Waals surface area (Å²) in [5.74, 6) is 0. The third-order valence-corrected chi connectivity index (χ3v) is 12.0. The Morgan fingerprint density at radius 3 is 1.66 bits per heavy atom. The molecule has 12 aromatic rings. The van der Waals surface area contributed by atoms with Crippen LogP contribution in [0.3, 0.4) is 0 Å². The zero-order chi connectivity index (χ0) is 40.3. The summed E-state index contributed by atoms with van der Waals surface area (Å²) >= 11 is 0. The fraction of sp³-hybridized carbons (Fsp3) is 0. The van der Waals surface area contributed by atoms with Crippen molar-refractivity contribution in [2.75, 3.05) is 4.90 Å². The lowest BCUT2D eigenvalue weighted by atomic mass is 10.0. The first kappa shape index (κ1) is 34.7. The molecule has 0 aliphatic carbocycles. The van der Waals surface area contributed by atoms with Crippen molar-refractivity contribution < 1.29 is 0 Å². The molecule has 0 radical (unpaired) electrons. The van der Waals surface area contributed by atoms with Crippen molar-refractivity contribution in [2.45, 2.75) is 0 Å². The van der Waals surface area contributed by atoms with E-state index in [0.29, 0.717) is 0 Å². The number of para-hydroxylation sites is 3. The third kappa shape index (κ3) is 5.78. The monoisotopic (exact) mass is 779 g/mol. The number of hydrogen-bond acceptors (Lipinski definition) is 3. The zero-order valence-corrected chi connectivity index (χ0v) is 33.1. The lowest BCUT2D eigenvalue weighted by Crippen LogP contribution is -2.12. The van der Waals surface area contributed by atoms with Crippen molar-refractivity contribution in [3.05, 3.63) is 225 Å². The minimum Gasteiger partial charge on any atom is -0.310 e. The van der Waals surface area contributed by atoms with Gasteiger partial charge in [-0.1, -0.05) is 121 Å². The first-order valence-electron chi connectivity index (χ1n) is 20.6. The molecule has 0 amide bonds. The van der Waals surface area contributed by atoms with Gasteiger partial charge in [-0.2, -0.15) is 0 Å². The maximum Gasteiger partial charge on any atom is 0.0547 e. The molecule has 0 fully saturated rings. The van der Waals surface area contributed by atoms with Gasteiger partial charge in [0, 0.05) is 68.8 Å². The summed E-state index contributed by atoms with van der Waals surface area (Å²) in [4.78, 5) is 11.3. The van der Waals surface area contributed by atoms with Gasteiger partial charge in [0.2, 0.25) is 0 Å². The Morgan fingerprint density at radius 1 is 0.328 bits per heavy atom. The summed E-state index contributed by atoms with van der Waals surface area (Å²) in [6.07, 6.45) is 7.52. The number of hydrogen-bond donors (Lipinski definition) is 0. The molecule has 0 spiro atoms. The van der Waals surface area contributed by atoms with E-state index in [0.717, 1.165) is 72.8 Å². The molecule has 0 saturated carbocycles. The molecule has 0 bridgehead atoms. The largest absolute Gasteiger partial charge is 0.310 e. The van der Waals surface area contributed by atoms with E-state index >= 15 is 0 Å². The van der Waals surface area contributed by atoms with Crippen molar-refractivity contribution in [1.82, 2.24) is 19.1 Å². The van der Waals surface area contributed by atoms with Crippen molar-refractivity contribution in [2.24, 2.45) is 0 Å². The van der Waals surface area contributed by atoms with E-state index in [4.69, 9.17) is 0 Å². The first-order chi connectivity index (χ1) is 30.3. The maximum absolute atomic E-state index is 4.47. The number of aromatic nitrogens is 4. The molecule has 8 aromatic carbocycles. The highest BCUT2D eigenvalue weighted by Crippen LogP contribution is 2.43. The van der Waals surface area contributed by atoms with Gasteiger partial charge in [-0.25, -0.2) is 0 Å². The van der Waals surface area contributed by atoms with E-state index in [2.05, 4.69) is 212 Å². The zero-order valence-electron chi connectivity index (χ0n) is 33.1. The molecule has 286 valence electrons. The fourth-order valence-electron chi connectivity index (χ4n) is 9.33. The summed E-state index contributed by atoms with van der Waals surface area (Å²) in [5, 5.41) is 7.35. The third-order valence-electron chi connectivity index (χ3n) is 12.0. The van der Waals surface area contributed by atoms with Gasteiger partial charge in [-0.3, -0.25) is 9.97 Å². The van der Waals surface area contributed by atoms with Crippen LogP contribution in [0.15, 0.2) is 225 Å². The Hall–Kier alpha value is -8.28.